The third-order valence-electron chi connectivity index (χ3n) is 16.0. The maximum atomic E-state index is 2.57. The summed E-state index contributed by atoms with van der Waals surface area (Å²) in [5.74, 6) is 0. The molecular formula is C65H43NS2. The van der Waals surface area contributed by atoms with E-state index in [1.165, 1.54) is 109 Å². The van der Waals surface area contributed by atoms with Crippen molar-refractivity contribution in [2.45, 2.75) is 49.7 Å². The van der Waals surface area contributed by atoms with Crippen molar-refractivity contribution in [3.8, 4) is 33.4 Å². The number of benzene rings is 10. The van der Waals surface area contributed by atoms with Gasteiger partial charge in [-0.1, -0.05) is 201 Å². The molecule has 0 saturated heterocycles. The Morgan fingerprint density at radius 3 is 0.941 bits per heavy atom. The zero-order chi connectivity index (χ0) is 44.9. The maximum Gasteiger partial charge on any atom is 0.0736 e. The lowest BCUT2D eigenvalue weighted by atomic mass is 9.67. The lowest BCUT2D eigenvalue weighted by Gasteiger charge is -2.40. The van der Waals surface area contributed by atoms with Gasteiger partial charge in [0.25, 0.3) is 0 Å². The smallest absolute Gasteiger partial charge is 0.0736 e. The molecule has 0 radical (unpaired) electrons. The van der Waals surface area contributed by atoms with Crippen molar-refractivity contribution >= 4 is 40.6 Å². The summed E-state index contributed by atoms with van der Waals surface area (Å²) in [4.78, 5) is 7.81. The van der Waals surface area contributed by atoms with Crippen LogP contribution in [-0.4, -0.2) is 0 Å². The molecule has 0 atom stereocenters. The van der Waals surface area contributed by atoms with E-state index in [0.717, 1.165) is 17.1 Å². The van der Waals surface area contributed by atoms with E-state index in [4.69, 9.17) is 0 Å². The van der Waals surface area contributed by atoms with Gasteiger partial charge in [-0.3, -0.25) is 0 Å². The van der Waals surface area contributed by atoms with E-state index in [0.29, 0.717) is 0 Å². The van der Waals surface area contributed by atoms with Crippen LogP contribution in [0.3, 0.4) is 0 Å². The van der Waals surface area contributed by atoms with Crippen LogP contribution in [-0.2, 0) is 16.2 Å². The zero-order valence-electron chi connectivity index (χ0n) is 37.6. The Balaban J connectivity index is 1.02. The third kappa shape index (κ3) is 4.85. The lowest BCUT2D eigenvalue weighted by molar-refractivity contribution is 0.660. The van der Waals surface area contributed by atoms with Gasteiger partial charge in [-0.25, -0.2) is 0 Å². The van der Waals surface area contributed by atoms with Crippen LogP contribution in [0.5, 0.6) is 0 Å². The summed E-state index contributed by atoms with van der Waals surface area (Å²) in [5, 5.41) is 0. The molecule has 10 aromatic rings. The third-order valence-corrected chi connectivity index (χ3v) is 18.3. The first-order valence-electron chi connectivity index (χ1n) is 23.7. The fourth-order valence-electron chi connectivity index (χ4n) is 13.2. The van der Waals surface area contributed by atoms with Gasteiger partial charge in [-0.2, -0.15) is 0 Å². The lowest BCUT2D eigenvalue weighted by Crippen LogP contribution is -2.32. The molecule has 320 valence electrons. The molecular weight excluding hydrogens is 859 g/mol. The summed E-state index contributed by atoms with van der Waals surface area (Å²) >= 11 is 3.80. The van der Waals surface area contributed by atoms with Crippen molar-refractivity contribution < 1.29 is 0 Å². The van der Waals surface area contributed by atoms with Gasteiger partial charge in [0.2, 0.25) is 0 Å². The molecule has 1 nitrogen and oxygen atoms in total. The highest BCUT2D eigenvalue weighted by molar-refractivity contribution is 7.99. The van der Waals surface area contributed by atoms with Crippen molar-refractivity contribution in [3.63, 3.8) is 0 Å². The molecule has 15 rings (SSSR count). The second kappa shape index (κ2) is 13.9. The van der Waals surface area contributed by atoms with Crippen LogP contribution in [0.2, 0.25) is 0 Å². The molecule has 0 unspecified atom stereocenters. The van der Waals surface area contributed by atoms with E-state index in [1.54, 1.807) is 0 Å². The van der Waals surface area contributed by atoms with Gasteiger partial charge < -0.3 is 4.90 Å². The van der Waals surface area contributed by atoms with Crippen LogP contribution in [0.4, 0.5) is 17.1 Å². The van der Waals surface area contributed by atoms with E-state index >= 15 is 0 Å². The molecule has 3 heteroatoms. The van der Waals surface area contributed by atoms with Crippen LogP contribution < -0.4 is 4.90 Å². The highest BCUT2D eigenvalue weighted by atomic mass is 32.2. The Morgan fingerprint density at radius 1 is 0.265 bits per heavy atom. The largest absolute Gasteiger partial charge is 0.310 e. The van der Waals surface area contributed by atoms with Crippen LogP contribution in [0.25, 0.3) is 33.4 Å². The molecule has 0 fully saturated rings. The van der Waals surface area contributed by atoms with Gasteiger partial charge in [-0.15, -0.1) is 0 Å². The second-order valence-electron chi connectivity index (χ2n) is 19.5. The van der Waals surface area contributed by atoms with Gasteiger partial charge in [0.05, 0.1) is 10.8 Å². The van der Waals surface area contributed by atoms with Crippen LogP contribution >= 0.6 is 23.5 Å². The summed E-state index contributed by atoms with van der Waals surface area (Å²) in [6.45, 7) is 4.79. The van der Waals surface area contributed by atoms with Crippen LogP contribution in [0.1, 0.15) is 69.5 Å². The highest BCUT2D eigenvalue weighted by Gasteiger charge is 2.52. The Bertz CT molecular complexity index is 3530. The predicted molar refractivity (Wildman–Crippen MR) is 282 cm³/mol. The summed E-state index contributed by atoms with van der Waals surface area (Å²) in [7, 11) is 0. The maximum absolute atomic E-state index is 2.57. The molecule has 3 aliphatic carbocycles. The quantitative estimate of drug-likeness (QED) is 0.174. The molecule has 2 aliphatic heterocycles. The van der Waals surface area contributed by atoms with E-state index in [9.17, 15) is 0 Å². The Labute approximate surface area is 406 Å². The predicted octanol–water partition coefficient (Wildman–Crippen LogP) is 17.1. The number of anilines is 3. The Hall–Kier alpha value is -7.30. The fourth-order valence-corrected chi connectivity index (χ4v) is 15.6. The number of nitrogens with zero attached hydrogens (tertiary/aromatic N) is 1. The van der Waals surface area contributed by atoms with Gasteiger partial charge in [0.15, 0.2) is 0 Å². The van der Waals surface area contributed by atoms with E-state index in [2.05, 4.69) is 243 Å². The normalized spacial score (nSPS) is 15.7. The number of rotatable bonds is 3. The standard InChI is InChI=1S/C65H43NS2/c1-63(2)49-20-6-3-17-43(49)46-34-31-40(37-56(46)63)66(41-32-35-47-44-18-4-7-21-50(44)64(57(47)38-41)52-23-9-13-27-59(52)67-60-28-14-10-24-53(60)64)42-33-36-48-45-19-5-8-22-51(45)65(58(48)39-42)54-25-11-15-29-61(54)68-62-30-16-12-26-55(62)65/h3-39H,1-2H3. The molecule has 10 aromatic carbocycles. The molecule has 0 amide bonds. The molecule has 2 heterocycles. The average molecular weight is 902 g/mol. The summed E-state index contributed by atoms with van der Waals surface area (Å²) in [6, 6.07) is 85.7. The second-order valence-corrected chi connectivity index (χ2v) is 21.6. The minimum Gasteiger partial charge on any atom is -0.310 e. The molecule has 68 heavy (non-hydrogen) atoms. The summed E-state index contributed by atoms with van der Waals surface area (Å²) < 4.78 is 0. The van der Waals surface area contributed by atoms with Gasteiger partial charge in [0.1, 0.15) is 0 Å². The van der Waals surface area contributed by atoms with Crippen molar-refractivity contribution in [1.29, 1.82) is 0 Å². The summed E-state index contributed by atoms with van der Waals surface area (Å²) in [5.41, 5.74) is 23.6. The zero-order valence-corrected chi connectivity index (χ0v) is 39.3. The number of fused-ring (bicyclic) bond motifs is 21. The molecule has 2 spiro atoms. The number of hydrogen-bond acceptors (Lipinski definition) is 3. The topological polar surface area (TPSA) is 3.24 Å². The molecule has 0 N–H and O–H groups in total. The minimum atomic E-state index is -0.496. The first-order chi connectivity index (χ1) is 33.5. The monoisotopic (exact) mass is 901 g/mol. The van der Waals surface area contributed by atoms with Crippen molar-refractivity contribution in [2.24, 2.45) is 0 Å². The first kappa shape index (κ1) is 38.8. The van der Waals surface area contributed by atoms with Crippen molar-refractivity contribution in [1.82, 2.24) is 0 Å². The summed E-state index contributed by atoms with van der Waals surface area (Å²) in [6.07, 6.45) is 0. The Morgan fingerprint density at radius 2 is 0.544 bits per heavy atom. The van der Waals surface area contributed by atoms with E-state index in [1.807, 2.05) is 23.5 Å². The fraction of sp³-hybridized carbons (Fsp3) is 0.0769. The molecule has 0 saturated carbocycles. The number of hydrogen-bond donors (Lipinski definition) is 0. The van der Waals surface area contributed by atoms with E-state index in [-0.39, 0.29) is 5.41 Å². The van der Waals surface area contributed by atoms with Crippen LogP contribution in [0.15, 0.2) is 244 Å². The van der Waals surface area contributed by atoms with E-state index < -0.39 is 10.8 Å². The molecule has 0 aromatic heterocycles. The Kier molecular flexibility index (Phi) is 7.92. The SMILES string of the molecule is CC1(C)c2ccccc2-c2ccc(N(c3ccc4c(c3)C3(c5ccccc5Sc5ccccc53)c3ccccc3-4)c3ccc4c(c3)C3(c5ccccc5Sc5ccccc53)c3ccccc3-4)cc21. The molecule has 0 bridgehead atoms. The van der Waals surface area contributed by atoms with Gasteiger partial charge >= 0.3 is 0 Å². The highest BCUT2D eigenvalue weighted by Crippen LogP contribution is 2.65. The minimum absolute atomic E-state index is 0.165. The molecule has 5 aliphatic rings. The van der Waals surface area contributed by atoms with Crippen molar-refractivity contribution in [3.05, 3.63) is 280 Å². The van der Waals surface area contributed by atoms with Crippen LogP contribution in [0, 0.1) is 0 Å². The van der Waals surface area contributed by atoms with Gasteiger partial charge in [0, 0.05) is 42.1 Å². The van der Waals surface area contributed by atoms with Crippen molar-refractivity contribution in [2.75, 3.05) is 4.90 Å². The average Bonchev–Trinajstić information content (AvgIpc) is 3.93. The van der Waals surface area contributed by atoms with Gasteiger partial charge in [-0.05, 0) is 150 Å². The first-order valence-corrected chi connectivity index (χ1v) is 25.4.